The van der Waals surface area contributed by atoms with E-state index < -0.39 is 11.7 Å². The Morgan fingerprint density at radius 2 is 2.00 bits per heavy atom. The molecule has 1 aromatic rings. The molecule has 0 aromatic heterocycles. The Labute approximate surface area is 144 Å². The van der Waals surface area contributed by atoms with E-state index in [2.05, 4.69) is 22.3 Å². The van der Waals surface area contributed by atoms with Gasteiger partial charge in [0.2, 0.25) is 0 Å². The molecule has 1 saturated carbocycles. The Morgan fingerprint density at radius 3 is 2.75 bits per heavy atom. The van der Waals surface area contributed by atoms with Crippen molar-refractivity contribution in [1.82, 2.24) is 10.2 Å². The van der Waals surface area contributed by atoms with Crippen molar-refractivity contribution >= 4 is 5.91 Å². The second-order valence-electron chi connectivity index (χ2n) is 7.08. The number of carbonyl (C=O) groups is 1. The van der Waals surface area contributed by atoms with Crippen molar-refractivity contribution in [2.75, 3.05) is 26.2 Å². The molecule has 1 aromatic carbocycles. The van der Waals surface area contributed by atoms with E-state index in [-0.39, 0.29) is 5.91 Å². The van der Waals surface area contributed by atoms with Crippen molar-refractivity contribution in [1.29, 1.82) is 0 Å². The highest BCUT2D eigenvalue weighted by Gasteiger charge is 2.32. The number of amides is 1. The minimum atomic E-state index is -0.730. The Kier molecular flexibility index (Phi) is 5.87. The highest BCUT2D eigenvalue weighted by atomic mass is 16.5. The molecule has 1 saturated heterocycles. The molecule has 2 aliphatic rings. The molecule has 1 amide bonds. The molecule has 2 fully saturated rings. The van der Waals surface area contributed by atoms with Gasteiger partial charge in [0.05, 0.1) is 12.2 Å². The molecule has 2 N–H and O–H groups in total. The van der Waals surface area contributed by atoms with E-state index >= 15 is 0 Å². The Hall–Kier alpha value is -1.43. The highest BCUT2D eigenvalue weighted by Crippen LogP contribution is 2.27. The number of aliphatic hydroxyl groups is 1. The predicted molar refractivity (Wildman–Crippen MR) is 92.5 cm³/mol. The first-order valence-corrected chi connectivity index (χ1v) is 9.03. The van der Waals surface area contributed by atoms with E-state index in [1.807, 2.05) is 18.2 Å². The summed E-state index contributed by atoms with van der Waals surface area (Å²) in [6, 6.07) is 10.3. The Balaban J connectivity index is 1.48. The van der Waals surface area contributed by atoms with Gasteiger partial charge in [-0.2, -0.15) is 0 Å². The van der Waals surface area contributed by atoms with Gasteiger partial charge in [0, 0.05) is 26.2 Å². The summed E-state index contributed by atoms with van der Waals surface area (Å²) in [6.07, 6.45) is 4.36. The summed E-state index contributed by atoms with van der Waals surface area (Å²) < 4.78 is 5.65. The third kappa shape index (κ3) is 4.79. The number of hydrogen-bond donors (Lipinski definition) is 2. The number of nitrogens with zero attached hydrogens (tertiary/aromatic N) is 1. The average molecular weight is 332 g/mol. The van der Waals surface area contributed by atoms with Crippen LogP contribution in [0.3, 0.4) is 0 Å². The molecule has 0 spiro atoms. The summed E-state index contributed by atoms with van der Waals surface area (Å²) >= 11 is 0. The first kappa shape index (κ1) is 17.4. The number of hydrogen-bond acceptors (Lipinski definition) is 4. The van der Waals surface area contributed by atoms with E-state index in [4.69, 9.17) is 4.74 Å². The van der Waals surface area contributed by atoms with Gasteiger partial charge in [0.25, 0.3) is 5.91 Å². The van der Waals surface area contributed by atoms with Crippen LogP contribution in [-0.4, -0.2) is 53.9 Å². The van der Waals surface area contributed by atoms with E-state index in [1.54, 1.807) is 0 Å². The number of rotatable bonds is 5. The lowest BCUT2D eigenvalue weighted by Gasteiger charge is -2.35. The fourth-order valence-corrected chi connectivity index (χ4v) is 3.60. The van der Waals surface area contributed by atoms with E-state index in [9.17, 15) is 9.90 Å². The van der Waals surface area contributed by atoms with Gasteiger partial charge in [-0.25, -0.2) is 0 Å². The molecule has 1 aliphatic carbocycles. The fraction of sp³-hybridized carbons (Fsp3) is 0.632. The molecule has 1 heterocycles. The van der Waals surface area contributed by atoms with Gasteiger partial charge in [-0.05, 0) is 18.4 Å². The molecule has 3 rings (SSSR count). The molecular weight excluding hydrogens is 304 g/mol. The maximum absolute atomic E-state index is 12.4. The molecule has 132 valence electrons. The molecule has 0 radical (unpaired) electrons. The summed E-state index contributed by atoms with van der Waals surface area (Å²) in [4.78, 5) is 14.7. The van der Waals surface area contributed by atoms with Crippen molar-refractivity contribution in [3.63, 3.8) is 0 Å². The summed E-state index contributed by atoms with van der Waals surface area (Å²) in [5.74, 6) is -0.105. The molecule has 1 aliphatic heterocycles. The fourth-order valence-electron chi connectivity index (χ4n) is 3.60. The summed E-state index contributed by atoms with van der Waals surface area (Å²) in [5.41, 5.74) is 0.516. The van der Waals surface area contributed by atoms with Crippen LogP contribution in [0.1, 0.15) is 37.7 Å². The van der Waals surface area contributed by atoms with Crippen LogP contribution in [0.5, 0.6) is 0 Å². The van der Waals surface area contributed by atoms with Crippen LogP contribution in [-0.2, 0) is 16.1 Å². The quantitative estimate of drug-likeness (QED) is 0.861. The van der Waals surface area contributed by atoms with Crippen molar-refractivity contribution < 1.29 is 14.6 Å². The van der Waals surface area contributed by atoms with Crippen molar-refractivity contribution in [2.45, 2.75) is 50.4 Å². The molecule has 1 atom stereocenters. The average Bonchev–Trinajstić information content (AvgIpc) is 2.61. The molecule has 5 nitrogen and oxygen atoms in total. The summed E-state index contributed by atoms with van der Waals surface area (Å²) in [7, 11) is 0. The van der Waals surface area contributed by atoms with Crippen molar-refractivity contribution in [2.24, 2.45) is 0 Å². The lowest BCUT2D eigenvalue weighted by Crippen LogP contribution is -2.52. The number of nitrogens with one attached hydrogen (secondary N) is 1. The predicted octanol–water partition coefficient (Wildman–Crippen LogP) is 1.70. The number of ether oxygens (including phenoxy) is 1. The van der Waals surface area contributed by atoms with Crippen molar-refractivity contribution in [3.8, 4) is 0 Å². The number of carbonyl (C=O) groups excluding carboxylic acids is 1. The van der Waals surface area contributed by atoms with Gasteiger partial charge in [-0.3, -0.25) is 9.69 Å². The van der Waals surface area contributed by atoms with Crippen LogP contribution >= 0.6 is 0 Å². The second-order valence-corrected chi connectivity index (χ2v) is 7.08. The standard InChI is InChI=1S/C19H28N2O3/c22-18(20-15-19(23)9-5-2-6-10-19)17-14-21(11-12-24-17)13-16-7-3-1-4-8-16/h1,3-4,7-8,17,23H,2,5-6,9-15H2,(H,20,22)/t17-/m0/s1. The normalized spacial score (nSPS) is 24.5. The third-order valence-corrected chi connectivity index (χ3v) is 5.07. The number of benzene rings is 1. The van der Waals surface area contributed by atoms with Crippen LogP contribution in [0.15, 0.2) is 30.3 Å². The van der Waals surface area contributed by atoms with Crippen LogP contribution in [0.25, 0.3) is 0 Å². The smallest absolute Gasteiger partial charge is 0.250 e. The summed E-state index contributed by atoms with van der Waals surface area (Å²) in [6.45, 7) is 3.17. The van der Waals surface area contributed by atoms with E-state index in [0.29, 0.717) is 19.7 Å². The zero-order valence-corrected chi connectivity index (χ0v) is 14.2. The minimum Gasteiger partial charge on any atom is -0.388 e. The lowest BCUT2D eigenvalue weighted by atomic mass is 9.85. The zero-order valence-electron chi connectivity index (χ0n) is 14.2. The van der Waals surface area contributed by atoms with Crippen LogP contribution in [0.2, 0.25) is 0 Å². The monoisotopic (exact) mass is 332 g/mol. The second kappa shape index (κ2) is 8.10. The summed E-state index contributed by atoms with van der Waals surface area (Å²) in [5, 5.41) is 13.4. The SMILES string of the molecule is O=C(NCC1(O)CCCCC1)[C@@H]1CN(Cc2ccccc2)CCO1. The van der Waals surface area contributed by atoms with E-state index in [1.165, 1.54) is 12.0 Å². The molecular formula is C19H28N2O3. The molecule has 5 heteroatoms. The number of morpholine rings is 1. The van der Waals surface area contributed by atoms with Gasteiger partial charge in [-0.15, -0.1) is 0 Å². The van der Waals surface area contributed by atoms with E-state index in [0.717, 1.165) is 38.8 Å². The molecule has 24 heavy (non-hydrogen) atoms. The third-order valence-electron chi connectivity index (χ3n) is 5.07. The highest BCUT2D eigenvalue weighted by molar-refractivity contribution is 5.81. The Bertz CT molecular complexity index is 529. The first-order chi connectivity index (χ1) is 11.6. The maximum Gasteiger partial charge on any atom is 0.250 e. The zero-order chi connectivity index (χ0) is 16.8. The van der Waals surface area contributed by atoms with Gasteiger partial charge in [-0.1, -0.05) is 49.6 Å². The topological polar surface area (TPSA) is 61.8 Å². The lowest BCUT2D eigenvalue weighted by molar-refractivity contribution is -0.140. The van der Waals surface area contributed by atoms with Crippen LogP contribution < -0.4 is 5.32 Å². The van der Waals surface area contributed by atoms with Crippen LogP contribution in [0, 0.1) is 0 Å². The van der Waals surface area contributed by atoms with Crippen LogP contribution in [0.4, 0.5) is 0 Å². The van der Waals surface area contributed by atoms with Gasteiger partial charge < -0.3 is 15.2 Å². The maximum atomic E-state index is 12.4. The largest absolute Gasteiger partial charge is 0.388 e. The molecule has 0 bridgehead atoms. The van der Waals surface area contributed by atoms with Gasteiger partial charge in [0.15, 0.2) is 0 Å². The van der Waals surface area contributed by atoms with Crippen molar-refractivity contribution in [3.05, 3.63) is 35.9 Å². The first-order valence-electron chi connectivity index (χ1n) is 9.03. The Morgan fingerprint density at radius 1 is 1.25 bits per heavy atom. The van der Waals surface area contributed by atoms with Gasteiger partial charge in [0.1, 0.15) is 6.10 Å². The molecule has 0 unspecified atom stereocenters. The minimum absolute atomic E-state index is 0.105. The van der Waals surface area contributed by atoms with Gasteiger partial charge >= 0.3 is 0 Å².